The summed E-state index contributed by atoms with van der Waals surface area (Å²) >= 11 is 0. The molecule has 1 aliphatic heterocycles. The molecule has 0 saturated heterocycles. The van der Waals surface area contributed by atoms with Gasteiger partial charge in [-0.2, -0.15) is 14.9 Å². The van der Waals surface area contributed by atoms with Crippen molar-refractivity contribution in [2.24, 2.45) is 0 Å². The minimum absolute atomic E-state index is 0.116. The zero-order chi connectivity index (χ0) is 20.9. The third kappa shape index (κ3) is 8.12. The van der Waals surface area contributed by atoms with Gasteiger partial charge in [0, 0.05) is 6.07 Å². The fourth-order valence-corrected chi connectivity index (χ4v) is 1.80. The number of nitrogens with two attached hydrogens (primary N) is 1. The summed E-state index contributed by atoms with van der Waals surface area (Å²) in [5.41, 5.74) is 5.16. The van der Waals surface area contributed by atoms with E-state index in [1.165, 1.54) is 10.9 Å². The molecule has 1 aliphatic rings. The first kappa shape index (κ1) is 22.3. The first-order chi connectivity index (χ1) is 13.4. The Bertz CT molecular complexity index is 769. The number of nitrogens with one attached hydrogen (secondary N) is 2. The number of nitrogen functional groups attached to an aromatic ring is 1. The number of anilines is 2. The summed E-state index contributed by atoms with van der Waals surface area (Å²) in [4.78, 5) is 43.0. The molecule has 0 radical (unpaired) electrons. The molecule has 2 aromatic rings. The van der Waals surface area contributed by atoms with Crippen LogP contribution in [0.5, 0.6) is 0 Å². The van der Waals surface area contributed by atoms with Crippen LogP contribution >= 0.6 is 0 Å². The lowest BCUT2D eigenvalue weighted by molar-refractivity contribution is -0.153. The highest BCUT2D eigenvalue weighted by molar-refractivity contribution is 6.08. The maximum absolute atomic E-state index is 11.0. The van der Waals surface area contributed by atoms with Gasteiger partial charge < -0.3 is 20.5 Å². The monoisotopic (exact) mass is 394 g/mol. The zero-order valence-electron chi connectivity index (χ0n) is 15.5. The highest BCUT2D eigenvalue weighted by Crippen LogP contribution is 2.11. The minimum atomic E-state index is -0.536. The number of ether oxygens (including phenoxy) is 2. The van der Waals surface area contributed by atoms with Gasteiger partial charge in [-0.25, -0.2) is 0 Å². The Morgan fingerprint density at radius 3 is 2.25 bits per heavy atom. The summed E-state index contributed by atoms with van der Waals surface area (Å²) < 4.78 is 10.2. The molecule has 28 heavy (non-hydrogen) atoms. The quantitative estimate of drug-likeness (QED) is 0.489. The second-order valence-electron chi connectivity index (χ2n) is 5.05. The highest BCUT2D eigenvalue weighted by atomic mass is 16.5. The SMILES string of the molecule is CCOC(=O)CC(=O)OCC.Nc1ccn[nH]1.O=C1CC(=O)n2nccc2N1. The van der Waals surface area contributed by atoms with E-state index in [1.807, 2.05) is 0 Å². The van der Waals surface area contributed by atoms with Gasteiger partial charge in [-0.15, -0.1) is 0 Å². The van der Waals surface area contributed by atoms with Crippen LogP contribution < -0.4 is 11.1 Å². The molecule has 0 unspecified atom stereocenters. The number of H-pyrrole nitrogens is 1. The molecule has 3 rings (SSSR count). The number of rotatable bonds is 4. The van der Waals surface area contributed by atoms with Crippen LogP contribution in [0, 0.1) is 0 Å². The molecule has 0 aromatic carbocycles. The van der Waals surface area contributed by atoms with Gasteiger partial charge in [0.2, 0.25) is 5.91 Å². The van der Waals surface area contributed by atoms with Crippen molar-refractivity contribution in [2.75, 3.05) is 24.3 Å². The molecule has 2 aromatic heterocycles. The number of fused-ring (bicyclic) bond motifs is 1. The molecule has 3 heterocycles. The fourth-order valence-electron chi connectivity index (χ4n) is 1.80. The van der Waals surface area contributed by atoms with E-state index in [2.05, 4.69) is 30.1 Å². The highest BCUT2D eigenvalue weighted by Gasteiger charge is 2.21. The standard InChI is InChI=1S/C7H12O4.C6H5N3O2.C3H5N3/c1-3-10-6(8)5-7(9)11-4-2;10-5-3-6(11)9-4(8-5)1-2-7-9;4-3-1-2-5-6-3/h3-5H2,1-2H3;1-2H,3H2,(H,8,10);1-2H,(H3,4,5,6). The van der Waals surface area contributed by atoms with Gasteiger partial charge in [0.25, 0.3) is 5.91 Å². The van der Waals surface area contributed by atoms with Crippen LogP contribution in [0.3, 0.4) is 0 Å². The van der Waals surface area contributed by atoms with Crippen molar-refractivity contribution in [3.63, 3.8) is 0 Å². The van der Waals surface area contributed by atoms with E-state index in [0.717, 1.165) is 0 Å². The summed E-state index contributed by atoms with van der Waals surface area (Å²) in [5, 5.41) is 12.3. The Hall–Kier alpha value is -3.70. The van der Waals surface area contributed by atoms with Gasteiger partial charge in [0.05, 0.1) is 25.6 Å². The van der Waals surface area contributed by atoms with Crippen molar-refractivity contribution >= 4 is 35.4 Å². The second kappa shape index (κ2) is 11.8. The van der Waals surface area contributed by atoms with E-state index in [9.17, 15) is 19.2 Å². The predicted octanol–water partition coefficient (Wildman–Crippen LogP) is 0.360. The number of hydrogen-bond donors (Lipinski definition) is 3. The van der Waals surface area contributed by atoms with Gasteiger partial charge in [0.1, 0.15) is 24.5 Å². The first-order valence-electron chi connectivity index (χ1n) is 8.30. The van der Waals surface area contributed by atoms with Crippen molar-refractivity contribution < 1.29 is 28.7 Å². The van der Waals surface area contributed by atoms with Crippen molar-refractivity contribution in [3.05, 3.63) is 24.5 Å². The number of aromatic nitrogens is 4. The summed E-state index contributed by atoms with van der Waals surface area (Å²) in [6.45, 7) is 3.95. The van der Waals surface area contributed by atoms with Crippen LogP contribution in [0.2, 0.25) is 0 Å². The number of hydrogen-bond acceptors (Lipinski definition) is 9. The molecule has 0 atom stereocenters. The lowest BCUT2D eigenvalue weighted by atomic mass is 10.3. The Morgan fingerprint density at radius 1 is 1.14 bits per heavy atom. The maximum Gasteiger partial charge on any atom is 0.317 e. The number of carbonyl (C=O) groups is 4. The predicted molar refractivity (Wildman–Crippen MR) is 97.0 cm³/mol. The Labute approximate surface area is 160 Å². The summed E-state index contributed by atoms with van der Waals surface area (Å²) in [6, 6.07) is 3.27. The number of carbonyl (C=O) groups excluding carboxylic acids is 4. The van der Waals surface area contributed by atoms with E-state index in [1.54, 1.807) is 32.2 Å². The van der Waals surface area contributed by atoms with Gasteiger partial charge in [-0.05, 0) is 19.9 Å². The van der Waals surface area contributed by atoms with Crippen molar-refractivity contribution in [1.82, 2.24) is 20.0 Å². The second-order valence-corrected chi connectivity index (χ2v) is 5.05. The topological polar surface area (TPSA) is 171 Å². The van der Waals surface area contributed by atoms with Crippen LogP contribution in [0.15, 0.2) is 24.5 Å². The average Bonchev–Trinajstić information content (AvgIpc) is 3.27. The van der Waals surface area contributed by atoms with E-state index >= 15 is 0 Å². The van der Waals surface area contributed by atoms with Crippen LogP contribution in [0.1, 0.15) is 31.5 Å². The molecule has 4 N–H and O–H groups in total. The Balaban J connectivity index is 0.000000219. The molecule has 12 nitrogen and oxygen atoms in total. The number of aromatic amines is 1. The van der Waals surface area contributed by atoms with Crippen LogP contribution in [-0.4, -0.2) is 56.9 Å². The molecule has 0 saturated carbocycles. The maximum atomic E-state index is 11.0. The Kier molecular flexibility index (Phi) is 9.44. The van der Waals surface area contributed by atoms with E-state index in [4.69, 9.17) is 5.73 Å². The zero-order valence-corrected chi connectivity index (χ0v) is 15.5. The van der Waals surface area contributed by atoms with E-state index in [-0.39, 0.29) is 37.9 Å². The average molecular weight is 394 g/mol. The van der Waals surface area contributed by atoms with Crippen LogP contribution in [0.4, 0.5) is 11.6 Å². The third-order valence-electron chi connectivity index (χ3n) is 2.88. The third-order valence-corrected chi connectivity index (χ3v) is 2.88. The van der Waals surface area contributed by atoms with Crippen LogP contribution in [0.25, 0.3) is 0 Å². The van der Waals surface area contributed by atoms with Gasteiger partial charge in [-0.3, -0.25) is 24.3 Å². The number of nitrogens with zero attached hydrogens (tertiary/aromatic N) is 3. The summed E-state index contributed by atoms with van der Waals surface area (Å²) in [7, 11) is 0. The van der Waals surface area contributed by atoms with Gasteiger partial charge in [0.15, 0.2) is 0 Å². The van der Waals surface area contributed by atoms with Crippen molar-refractivity contribution in [1.29, 1.82) is 0 Å². The van der Waals surface area contributed by atoms with Gasteiger partial charge >= 0.3 is 11.9 Å². The van der Waals surface area contributed by atoms with Gasteiger partial charge in [-0.1, -0.05) is 0 Å². The van der Waals surface area contributed by atoms with Crippen molar-refractivity contribution in [2.45, 2.75) is 26.7 Å². The molecule has 152 valence electrons. The molecule has 0 aliphatic carbocycles. The molecule has 0 fully saturated rings. The molecule has 12 heteroatoms. The normalized spacial score (nSPS) is 11.6. The van der Waals surface area contributed by atoms with Crippen molar-refractivity contribution in [3.8, 4) is 0 Å². The summed E-state index contributed by atoms with van der Waals surface area (Å²) in [6.07, 6.45) is 2.67. The minimum Gasteiger partial charge on any atom is -0.466 e. The smallest absolute Gasteiger partial charge is 0.317 e. The molecule has 0 spiro atoms. The van der Waals surface area contributed by atoms with Crippen LogP contribution in [-0.2, 0) is 23.9 Å². The Morgan fingerprint density at radius 2 is 1.79 bits per heavy atom. The molecular formula is C16H22N6O6. The molecular weight excluding hydrogens is 372 g/mol. The number of amides is 1. The van der Waals surface area contributed by atoms with E-state index < -0.39 is 11.9 Å². The lowest BCUT2D eigenvalue weighted by Crippen LogP contribution is -2.29. The lowest BCUT2D eigenvalue weighted by Gasteiger charge is -2.11. The largest absolute Gasteiger partial charge is 0.466 e. The summed E-state index contributed by atoms with van der Waals surface area (Å²) in [5.74, 6) is -0.574. The molecule has 0 bridgehead atoms. The fraction of sp³-hybridized carbons (Fsp3) is 0.375. The molecule has 1 amide bonds. The van der Waals surface area contributed by atoms with E-state index in [0.29, 0.717) is 11.6 Å². The first-order valence-corrected chi connectivity index (χ1v) is 8.30. The number of esters is 2.